The van der Waals surface area contributed by atoms with Gasteiger partial charge in [0.05, 0.1) is 5.56 Å². The maximum absolute atomic E-state index is 12.1. The zero-order chi connectivity index (χ0) is 24.0. The molecule has 2 heterocycles. The standard InChI is InChI=1S/C21H32N4O.C6H5F/c1-5-24-12-9-17(10-13-24)25-15(2)20(21(22)26)18-7-6-16(14-19(18)25)8-11-23(3)4;7-6-4-2-1-3-5-6/h6-7,14,17H,5,8-13H2,1-4H3,(H2,22,26);1-5H. The van der Waals surface area contributed by atoms with E-state index < -0.39 is 0 Å². The SMILES string of the molecule is CCN1CCC(n2c(C)c(C(N)=O)c3ccc(CCN(C)C)cc32)CC1.Fc1ccccc1. The van der Waals surface area contributed by atoms with Crippen LogP contribution in [0.15, 0.2) is 48.5 Å². The number of nitrogens with zero attached hydrogens (tertiary/aromatic N) is 3. The van der Waals surface area contributed by atoms with Crippen molar-refractivity contribution in [3.8, 4) is 0 Å². The summed E-state index contributed by atoms with van der Waals surface area (Å²) in [6.45, 7) is 8.63. The van der Waals surface area contributed by atoms with E-state index in [0.29, 0.717) is 11.6 Å². The van der Waals surface area contributed by atoms with Crippen LogP contribution in [0, 0.1) is 12.7 Å². The number of aromatic nitrogens is 1. The lowest BCUT2D eigenvalue weighted by Crippen LogP contribution is -2.34. The van der Waals surface area contributed by atoms with Crippen molar-refractivity contribution in [1.29, 1.82) is 0 Å². The summed E-state index contributed by atoms with van der Waals surface area (Å²) < 4.78 is 14.3. The van der Waals surface area contributed by atoms with Crippen molar-refractivity contribution in [3.63, 3.8) is 0 Å². The molecule has 5 nitrogen and oxygen atoms in total. The summed E-state index contributed by atoms with van der Waals surface area (Å²) in [5.74, 6) is -0.499. The van der Waals surface area contributed by atoms with Crippen LogP contribution in [0.5, 0.6) is 0 Å². The number of nitrogens with two attached hydrogens (primary N) is 1. The molecule has 0 atom stereocenters. The fourth-order valence-electron chi connectivity index (χ4n) is 4.68. The first-order valence-electron chi connectivity index (χ1n) is 11.8. The van der Waals surface area contributed by atoms with Gasteiger partial charge in [0.2, 0.25) is 0 Å². The maximum atomic E-state index is 12.1. The molecule has 1 aliphatic rings. The minimum atomic E-state index is -0.321. The highest BCUT2D eigenvalue weighted by molar-refractivity contribution is 6.07. The summed E-state index contributed by atoms with van der Waals surface area (Å²) in [4.78, 5) is 16.8. The predicted molar refractivity (Wildman–Crippen MR) is 134 cm³/mol. The summed E-state index contributed by atoms with van der Waals surface area (Å²) in [5, 5.41) is 1.00. The quantitative estimate of drug-likeness (QED) is 0.593. The van der Waals surface area contributed by atoms with E-state index in [-0.39, 0.29) is 11.7 Å². The van der Waals surface area contributed by atoms with Gasteiger partial charge >= 0.3 is 0 Å². The molecule has 2 aromatic carbocycles. The van der Waals surface area contributed by atoms with Crippen LogP contribution >= 0.6 is 0 Å². The number of hydrogen-bond acceptors (Lipinski definition) is 3. The zero-order valence-electron chi connectivity index (χ0n) is 20.4. The molecule has 2 N–H and O–H groups in total. The number of likely N-dealkylation sites (N-methyl/N-ethyl adjacent to an activating group) is 1. The Kier molecular flexibility index (Phi) is 8.64. The largest absolute Gasteiger partial charge is 0.366 e. The van der Waals surface area contributed by atoms with Crippen molar-refractivity contribution in [3.05, 3.63) is 71.2 Å². The number of amides is 1. The number of benzene rings is 2. The maximum Gasteiger partial charge on any atom is 0.251 e. The third-order valence-electron chi connectivity index (χ3n) is 6.51. The normalized spacial score (nSPS) is 15.0. The van der Waals surface area contributed by atoms with E-state index in [2.05, 4.69) is 53.6 Å². The van der Waals surface area contributed by atoms with Gasteiger partial charge in [0.25, 0.3) is 5.91 Å². The molecule has 1 aromatic heterocycles. The fourth-order valence-corrected chi connectivity index (χ4v) is 4.68. The van der Waals surface area contributed by atoms with Gasteiger partial charge in [-0.1, -0.05) is 37.3 Å². The molecule has 4 rings (SSSR count). The van der Waals surface area contributed by atoms with E-state index in [1.165, 1.54) is 23.2 Å². The molecule has 6 heteroatoms. The highest BCUT2D eigenvalue weighted by Gasteiger charge is 2.26. The topological polar surface area (TPSA) is 54.5 Å². The number of fused-ring (bicyclic) bond motifs is 1. The number of likely N-dealkylation sites (tertiary alicyclic amines) is 1. The Morgan fingerprint density at radius 2 is 1.79 bits per heavy atom. The second kappa shape index (κ2) is 11.4. The molecule has 0 radical (unpaired) electrons. The average Bonchev–Trinajstić information content (AvgIpc) is 3.10. The van der Waals surface area contributed by atoms with E-state index in [1.807, 2.05) is 6.92 Å². The van der Waals surface area contributed by atoms with Gasteiger partial charge in [-0.2, -0.15) is 0 Å². The second-order valence-electron chi connectivity index (χ2n) is 9.06. The summed E-state index contributed by atoms with van der Waals surface area (Å²) in [6.07, 6.45) is 3.25. The Morgan fingerprint density at radius 3 is 2.30 bits per heavy atom. The lowest BCUT2D eigenvalue weighted by atomic mass is 10.0. The van der Waals surface area contributed by atoms with Gasteiger partial charge in [0.1, 0.15) is 5.82 Å². The Morgan fingerprint density at radius 1 is 1.12 bits per heavy atom. The smallest absolute Gasteiger partial charge is 0.251 e. The molecule has 0 aliphatic carbocycles. The first-order chi connectivity index (χ1) is 15.8. The third kappa shape index (κ3) is 6.21. The van der Waals surface area contributed by atoms with Crippen LogP contribution in [0.3, 0.4) is 0 Å². The van der Waals surface area contributed by atoms with Crippen LogP contribution < -0.4 is 5.73 Å². The second-order valence-corrected chi connectivity index (χ2v) is 9.06. The number of piperidine rings is 1. The number of carbonyl (C=O) groups excluding carboxylic acids is 1. The van der Waals surface area contributed by atoms with Crippen LogP contribution in [0.2, 0.25) is 0 Å². The molecule has 1 amide bonds. The Balaban J connectivity index is 0.000000374. The number of rotatable bonds is 6. The van der Waals surface area contributed by atoms with Crippen LogP contribution in [0.4, 0.5) is 4.39 Å². The van der Waals surface area contributed by atoms with Crippen LogP contribution in [0.25, 0.3) is 10.9 Å². The molecule has 178 valence electrons. The van der Waals surface area contributed by atoms with E-state index in [4.69, 9.17) is 5.73 Å². The van der Waals surface area contributed by atoms with Gasteiger partial charge in [0, 0.05) is 42.3 Å². The minimum Gasteiger partial charge on any atom is -0.366 e. The van der Waals surface area contributed by atoms with Gasteiger partial charge in [-0.3, -0.25) is 4.79 Å². The first kappa shape index (κ1) is 24.9. The van der Waals surface area contributed by atoms with Crippen LogP contribution in [-0.4, -0.2) is 60.5 Å². The van der Waals surface area contributed by atoms with Gasteiger partial charge < -0.3 is 20.1 Å². The number of primary amides is 1. The Hall–Kier alpha value is -2.70. The van der Waals surface area contributed by atoms with E-state index in [1.54, 1.807) is 18.2 Å². The van der Waals surface area contributed by atoms with Gasteiger partial charge in [0.15, 0.2) is 0 Å². The lowest BCUT2D eigenvalue weighted by Gasteiger charge is -2.33. The first-order valence-corrected chi connectivity index (χ1v) is 11.8. The van der Waals surface area contributed by atoms with Crippen LogP contribution in [0.1, 0.15) is 47.4 Å². The molecule has 33 heavy (non-hydrogen) atoms. The lowest BCUT2D eigenvalue weighted by molar-refractivity contribution is 0.100. The van der Waals surface area contributed by atoms with Crippen LogP contribution in [-0.2, 0) is 6.42 Å². The highest BCUT2D eigenvalue weighted by atomic mass is 19.1. The average molecular weight is 453 g/mol. The van der Waals surface area contributed by atoms with Crippen molar-refractivity contribution in [2.45, 2.75) is 39.2 Å². The summed E-state index contributed by atoms with van der Waals surface area (Å²) in [5.41, 5.74) is 9.93. The molecule has 1 saturated heterocycles. The van der Waals surface area contributed by atoms with Gasteiger partial charge in [-0.05, 0) is 70.6 Å². The molecule has 0 bridgehead atoms. The van der Waals surface area contributed by atoms with E-state index in [0.717, 1.165) is 56.5 Å². The Labute approximate surface area is 197 Å². The van der Waals surface area contributed by atoms with E-state index >= 15 is 0 Å². The molecule has 3 aromatic rings. The molecule has 0 spiro atoms. The van der Waals surface area contributed by atoms with Crippen molar-refractivity contribution in [2.24, 2.45) is 5.73 Å². The van der Waals surface area contributed by atoms with E-state index in [9.17, 15) is 9.18 Å². The minimum absolute atomic E-state index is 0.178. The molecular weight excluding hydrogens is 415 g/mol. The molecule has 0 unspecified atom stereocenters. The molecular formula is C27H37FN4O. The van der Waals surface area contributed by atoms with Crippen molar-refractivity contribution < 1.29 is 9.18 Å². The Bertz CT molecular complexity index is 1050. The predicted octanol–water partition coefficient (Wildman–Crippen LogP) is 4.64. The number of halogens is 1. The summed E-state index contributed by atoms with van der Waals surface area (Å²) in [6, 6.07) is 14.9. The third-order valence-corrected chi connectivity index (χ3v) is 6.51. The molecule has 1 aliphatic heterocycles. The monoisotopic (exact) mass is 452 g/mol. The number of hydrogen-bond donors (Lipinski definition) is 1. The summed E-state index contributed by atoms with van der Waals surface area (Å²) >= 11 is 0. The summed E-state index contributed by atoms with van der Waals surface area (Å²) in [7, 11) is 4.19. The number of carbonyl (C=O) groups is 1. The zero-order valence-corrected chi connectivity index (χ0v) is 20.4. The highest BCUT2D eigenvalue weighted by Crippen LogP contribution is 2.34. The van der Waals surface area contributed by atoms with Crippen molar-refractivity contribution >= 4 is 16.8 Å². The molecule has 0 saturated carbocycles. The van der Waals surface area contributed by atoms with Gasteiger partial charge in [-0.15, -0.1) is 0 Å². The van der Waals surface area contributed by atoms with Crippen molar-refractivity contribution in [1.82, 2.24) is 14.4 Å². The molecule has 1 fully saturated rings. The fraction of sp³-hybridized carbons (Fsp3) is 0.444. The van der Waals surface area contributed by atoms with Crippen molar-refractivity contribution in [2.75, 3.05) is 40.3 Å². The van der Waals surface area contributed by atoms with Gasteiger partial charge in [-0.25, -0.2) is 4.39 Å².